The topological polar surface area (TPSA) is 37.8 Å². The third-order valence-electron chi connectivity index (χ3n) is 1.96. The van der Waals surface area contributed by atoms with Gasteiger partial charge in [0.1, 0.15) is 0 Å². The molecule has 0 saturated carbocycles. The fourth-order valence-corrected chi connectivity index (χ4v) is 1.75. The van der Waals surface area contributed by atoms with Crippen LogP contribution in [0.2, 0.25) is 0 Å². The second-order valence-electron chi connectivity index (χ2n) is 3.02. The summed E-state index contributed by atoms with van der Waals surface area (Å²) in [6, 6.07) is 7.91. The van der Waals surface area contributed by atoms with E-state index in [0.717, 1.165) is 10.0 Å². The van der Waals surface area contributed by atoms with E-state index >= 15 is 0 Å². The molecule has 0 spiro atoms. The second kappa shape index (κ2) is 3.84. The van der Waals surface area contributed by atoms with Crippen LogP contribution in [0, 0.1) is 0 Å². The normalized spacial score (nSPS) is 10.4. The average molecular weight is 253 g/mol. The molecule has 1 aromatic carbocycles. The van der Waals surface area contributed by atoms with Gasteiger partial charge in [0.2, 0.25) is 0 Å². The lowest BCUT2D eigenvalue weighted by Crippen LogP contribution is -2.16. The van der Waals surface area contributed by atoms with E-state index in [1.807, 2.05) is 24.3 Å². The highest BCUT2D eigenvalue weighted by Crippen LogP contribution is 2.11. The van der Waals surface area contributed by atoms with Crippen LogP contribution in [-0.4, -0.2) is 9.55 Å². The Labute approximate surface area is 89.5 Å². The summed E-state index contributed by atoms with van der Waals surface area (Å²) in [6.45, 7) is 0.599. The van der Waals surface area contributed by atoms with Crippen LogP contribution in [0.15, 0.2) is 45.9 Å². The molecule has 14 heavy (non-hydrogen) atoms. The molecule has 0 aliphatic heterocycles. The fourth-order valence-electron chi connectivity index (χ4n) is 1.31. The number of hydrogen-bond donors (Lipinski definition) is 1. The Bertz CT molecular complexity index is 487. The van der Waals surface area contributed by atoms with Crippen LogP contribution in [0.5, 0.6) is 0 Å². The molecule has 0 unspecified atom stereocenters. The molecule has 3 nitrogen and oxygen atoms in total. The van der Waals surface area contributed by atoms with Crippen molar-refractivity contribution in [2.75, 3.05) is 0 Å². The number of hydrogen-bond acceptors (Lipinski definition) is 1. The van der Waals surface area contributed by atoms with Crippen molar-refractivity contribution in [1.29, 1.82) is 0 Å². The van der Waals surface area contributed by atoms with E-state index in [9.17, 15) is 4.79 Å². The zero-order chi connectivity index (χ0) is 9.97. The molecule has 1 aromatic heterocycles. The lowest BCUT2D eigenvalue weighted by atomic mass is 10.2. The molecule has 72 valence electrons. The molecule has 1 N–H and O–H groups in total. The molecule has 1 heterocycles. The largest absolute Gasteiger partial charge is 0.325 e. The number of aromatic amines is 1. The summed E-state index contributed by atoms with van der Waals surface area (Å²) in [7, 11) is 0. The first kappa shape index (κ1) is 9.27. The van der Waals surface area contributed by atoms with Gasteiger partial charge in [-0.3, -0.25) is 4.57 Å². The van der Waals surface area contributed by atoms with Crippen molar-refractivity contribution in [1.82, 2.24) is 9.55 Å². The molecular weight excluding hydrogens is 244 g/mol. The summed E-state index contributed by atoms with van der Waals surface area (Å²) < 4.78 is 2.65. The molecule has 0 saturated heterocycles. The van der Waals surface area contributed by atoms with Crippen molar-refractivity contribution in [2.45, 2.75) is 6.54 Å². The van der Waals surface area contributed by atoms with E-state index in [1.165, 1.54) is 0 Å². The smallest absolute Gasteiger partial charge is 0.313 e. The average Bonchev–Trinajstić information content (AvgIpc) is 2.52. The molecule has 4 heteroatoms. The van der Waals surface area contributed by atoms with Crippen molar-refractivity contribution in [3.05, 3.63) is 57.2 Å². The molecule has 2 aromatic rings. The highest BCUT2D eigenvalue weighted by atomic mass is 79.9. The van der Waals surface area contributed by atoms with E-state index in [0.29, 0.717) is 6.54 Å². The van der Waals surface area contributed by atoms with Crippen LogP contribution >= 0.6 is 15.9 Å². The molecule has 0 atom stereocenters. The number of nitrogens with zero attached hydrogens (tertiary/aromatic N) is 1. The predicted octanol–water partition coefficient (Wildman–Crippen LogP) is 1.99. The maximum absolute atomic E-state index is 11.2. The van der Waals surface area contributed by atoms with Gasteiger partial charge in [-0.2, -0.15) is 0 Å². The van der Waals surface area contributed by atoms with Gasteiger partial charge in [0.25, 0.3) is 0 Å². The summed E-state index contributed by atoms with van der Waals surface area (Å²) in [5.74, 6) is 0. The fraction of sp³-hybridized carbons (Fsp3) is 0.100. The minimum atomic E-state index is -0.0787. The number of benzene rings is 1. The Kier molecular flexibility index (Phi) is 2.54. The first-order valence-electron chi connectivity index (χ1n) is 4.24. The van der Waals surface area contributed by atoms with E-state index < -0.39 is 0 Å². The van der Waals surface area contributed by atoms with Gasteiger partial charge < -0.3 is 4.98 Å². The number of aromatic nitrogens is 2. The van der Waals surface area contributed by atoms with Crippen molar-refractivity contribution in [2.24, 2.45) is 0 Å². The van der Waals surface area contributed by atoms with Crippen LogP contribution < -0.4 is 5.69 Å². The molecule has 2 rings (SSSR count). The van der Waals surface area contributed by atoms with Gasteiger partial charge in [-0.1, -0.05) is 28.1 Å². The Balaban J connectivity index is 2.27. The molecule has 0 aliphatic rings. The van der Waals surface area contributed by atoms with Gasteiger partial charge in [-0.05, 0) is 17.7 Å². The number of imidazole rings is 1. The van der Waals surface area contributed by atoms with Crippen LogP contribution in [0.25, 0.3) is 0 Å². The van der Waals surface area contributed by atoms with Crippen molar-refractivity contribution >= 4 is 15.9 Å². The third kappa shape index (κ3) is 1.96. The predicted molar refractivity (Wildman–Crippen MR) is 58.3 cm³/mol. The molecule has 0 radical (unpaired) electrons. The number of H-pyrrole nitrogens is 1. The van der Waals surface area contributed by atoms with Gasteiger partial charge in [0, 0.05) is 16.9 Å². The van der Waals surface area contributed by atoms with Gasteiger partial charge in [0.05, 0.1) is 6.54 Å². The number of rotatable bonds is 2. The highest BCUT2D eigenvalue weighted by molar-refractivity contribution is 9.10. The quantitative estimate of drug-likeness (QED) is 0.873. The van der Waals surface area contributed by atoms with Crippen molar-refractivity contribution in [3.63, 3.8) is 0 Å². The molecular formula is C10H9BrN2O. The molecule has 0 fully saturated rings. The lowest BCUT2D eigenvalue weighted by Gasteiger charge is -2.01. The Hall–Kier alpha value is -1.29. The van der Waals surface area contributed by atoms with E-state index in [1.54, 1.807) is 17.0 Å². The van der Waals surface area contributed by atoms with Crippen molar-refractivity contribution in [3.8, 4) is 0 Å². The van der Waals surface area contributed by atoms with Gasteiger partial charge in [0.15, 0.2) is 0 Å². The van der Waals surface area contributed by atoms with Gasteiger partial charge in [-0.25, -0.2) is 4.79 Å². The molecule has 0 amide bonds. The van der Waals surface area contributed by atoms with Crippen LogP contribution in [0.3, 0.4) is 0 Å². The second-order valence-corrected chi connectivity index (χ2v) is 3.94. The highest BCUT2D eigenvalue weighted by Gasteiger charge is 1.98. The van der Waals surface area contributed by atoms with Crippen LogP contribution in [0.1, 0.15) is 5.56 Å². The van der Waals surface area contributed by atoms with Crippen molar-refractivity contribution < 1.29 is 0 Å². The summed E-state index contributed by atoms with van der Waals surface area (Å²) in [5.41, 5.74) is 1.02. The first-order chi connectivity index (χ1) is 6.75. The SMILES string of the molecule is O=c1[nH]ccn1Cc1cccc(Br)c1. The standard InChI is InChI=1S/C10H9BrN2O/c11-9-3-1-2-8(6-9)7-13-5-4-12-10(13)14/h1-6H,7H2,(H,12,14). The maximum Gasteiger partial charge on any atom is 0.325 e. The Morgan fingerprint density at radius 3 is 2.93 bits per heavy atom. The van der Waals surface area contributed by atoms with E-state index in [4.69, 9.17) is 0 Å². The van der Waals surface area contributed by atoms with Gasteiger partial charge in [-0.15, -0.1) is 0 Å². The monoisotopic (exact) mass is 252 g/mol. The first-order valence-corrected chi connectivity index (χ1v) is 5.03. The zero-order valence-corrected chi connectivity index (χ0v) is 8.99. The van der Waals surface area contributed by atoms with Crippen LogP contribution in [-0.2, 0) is 6.54 Å². The van der Waals surface area contributed by atoms with Crippen LogP contribution in [0.4, 0.5) is 0 Å². The Morgan fingerprint density at radius 2 is 2.29 bits per heavy atom. The zero-order valence-electron chi connectivity index (χ0n) is 7.40. The number of nitrogens with one attached hydrogen (secondary N) is 1. The summed E-state index contributed by atoms with van der Waals surface area (Å²) in [4.78, 5) is 13.8. The third-order valence-corrected chi connectivity index (χ3v) is 2.46. The summed E-state index contributed by atoms with van der Waals surface area (Å²) in [5, 5.41) is 0. The Morgan fingerprint density at radius 1 is 1.43 bits per heavy atom. The summed E-state index contributed by atoms with van der Waals surface area (Å²) in [6.07, 6.45) is 3.38. The lowest BCUT2D eigenvalue weighted by molar-refractivity contribution is 0.761. The van der Waals surface area contributed by atoms with E-state index in [2.05, 4.69) is 20.9 Å². The maximum atomic E-state index is 11.2. The summed E-state index contributed by atoms with van der Waals surface area (Å²) >= 11 is 3.39. The molecule has 0 bridgehead atoms. The minimum Gasteiger partial charge on any atom is -0.313 e. The number of halogens is 1. The van der Waals surface area contributed by atoms with E-state index in [-0.39, 0.29) is 5.69 Å². The minimum absolute atomic E-state index is 0.0787. The molecule has 0 aliphatic carbocycles. The van der Waals surface area contributed by atoms with Gasteiger partial charge >= 0.3 is 5.69 Å².